The molecule has 2 aromatic carbocycles. The van der Waals surface area contributed by atoms with E-state index in [9.17, 15) is 4.79 Å². The summed E-state index contributed by atoms with van der Waals surface area (Å²) in [6, 6.07) is 14.8. The predicted octanol–water partition coefficient (Wildman–Crippen LogP) is 3.66. The molecule has 0 amide bonds. The van der Waals surface area contributed by atoms with Crippen LogP contribution < -0.4 is 4.74 Å². The zero-order valence-electron chi connectivity index (χ0n) is 10.4. The third-order valence-electron chi connectivity index (χ3n) is 2.59. The molecule has 0 aliphatic rings. The van der Waals surface area contributed by atoms with Gasteiger partial charge >= 0.3 is 5.97 Å². The highest BCUT2D eigenvalue weighted by atomic mass is 127. The van der Waals surface area contributed by atoms with Gasteiger partial charge in [0.2, 0.25) is 0 Å². The van der Waals surface area contributed by atoms with Crippen molar-refractivity contribution in [2.45, 2.75) is 6.61 Å². The molecule has 0 bridgehead atoms. The number of methoxy groups -OCH3 is 1. The van der Waals surface area contributed by atoms with E-state index in [0.29, 0.717) is 11.3 Å². The second-order valence-electron chi connectivity index (χ2n) is 3.93. The number of benzene rings is 2. The van der Waals surface area contributed by atoms with Gasteiger partial charge in [-0.1, -0.05) is 18.2 Å². The van der Waals surface area contributed by atoms with Crippen LogP contribution in [0.5, 0.6) is 5.75 Å². The van der Waals surface area contributed by atoms with Crippen LogP contribution in [0.2, 0.25) is 0 Å². The Morgan fingerprint density at radius 3 is 2.58 bits per heavy atom. The summed E-state index contributed by atoms with van der Waals surface area (Å²) in [5, 5.41) is 0. The molecule has 4 heteroatoms. The minimum absolute atomic E-state index is 0.271. The quantitative estimate of drug-likeness (QED) is 0.611. The Hall–Kier alpha value is -1.56. The summed E-state index contributed by atoms with van der Waals surface area (Å²) in [4.78, 5) is 11.9. The first-order valence-corrected chi connectivity index (χ1v) is 6.82. The van der Waals surface area contributed by atoms with Crippen LogP contribution in [0, 0.1) is 3.57 Å². The maximum atomic E-state index is 11.9. The van der Waals surface area contributed by atoms with Crippen molar-refractivity contribution in [1.29, 1.82) is 0 Å². The van der Waals surface area contributed by atoms with Crippen LogP contribution in [0.15, 0.2) is 48.5 Å². The standard InChI is InChI=1S/C15H13IO3/c1-18-14-4-2-3-12(9-14)15(17)19-10-11-5-7-13(16)8-6-11/h2-9H,10H2,1H3. The molecule has 0 aliphatic carbocycles. The highest BCUT2D eigenvalue weighted by Gasteiger charge is 2.08. The lowest BCUT2D eigenvalue weighted by Crippen LogP contribution is -2.05. The van der Waals surface area contributed by atoms with Crippen LogP contribution >= 0.6 is 22.6 Å². The highest BCUT2D eigenvalue weighted by molar-refractivity contribution is 14.1. The van der Waals surface area contributed by atoms with Crippen molar-refractivity contribution in [2.24, 2.45) is 0 Å². The SMILES string of the molecule is COc1cccc(C(=O)OCc2ccc(I)cc2)c1. The van der Waals surface area contributed by atoms with E-state index in [4.69, 9.17) is 9.47 Å². The van der Waals surface area contributed by atoms with Gasteiger partial charge in [-0.2, -0.15) is 0 Å². The molecule has 0 fully saturated rings. The second kappa shape index (κ2) is 6.56. The number of carbonyl (C=O) groups is 1. The zero-order valence-corrected chi connectivity index (χ0v) is 12.6. The lowest BCUT2D eigenvalue weighted by atomic mass is 10.2. The lowest BCUT2D eigenvalue weighted by molar-refractivity contribution is 0.0472. The molecule has 0 aliphatic heterocycles. The maximum absolute atomic E-state index is 11.9. The van der Waals surface area contributed by atoms with Crippen LogP contribution in [-0.2, 0) is 11.3 Å². The average molecular weight is 368 g/mol. The van der Waals surface area contributed by atoms with Crippen molar-refractivity contribution >= 4 is 28.6 Å². The Kier molecular flexibility index (Phi) is 4.79. The molecule has 98 valence electrons. The number of carbonyl (C=O) groups excluding carboxylic acids is 1. The molecule has 0 aromatic heterocycles. The maximum Gasteiger partial charge on any atom is 0.338 e. The largest absolute Gasteiger partial charge is 0.497 e. The molecule has 0 saturated heterocycles. The zero-order chi connectivity index (χ0) is 13.7. The summed E-state index contributed by atoms with van der Waals surface area (Å²) in [5.41, 5.74) is 1.46. The van der Waals surface area contributed by atoms with Crippen molar-refractivity contribution in [2.75, 3.05) is 7.11 Å². The van der Waals surface area contributed by atoms with Crippen molar-refractivity contribution in [3.05, 3.63) is 63.2 Å². The molecule has 0 saturated carbocycles. The fraction of sp³-hybridized carbons (Fsp3) is 0.133. The molecule has 19 heavy (non-hydrogen) atoms. The van der Waals surface area contributed by atoms with E-state index in [1.54, 1.807) is 31.4 Å². The third-order valence-corrected chi connectivity index (χ3v) is 3.31. The molecule has 3 nitrogen and oxygen atoms in total. The summed E-state index contributed by atoms with van der Waals surface area (Å²) in [7, 11) is 1.57. The minimum atomic E-state index is -0.350. The highest BCUT2D eigenvalue weighted by Crippen LogP contribution is 2.14. The molecule has 0 heterocycles. The Morgan fingerprint density at radius 2 is 1.89 bits per heavy atom. The van der Waals surface area contributed by atoms with E-state index in [-0.39, 0.29) is 12.6 Å². The first-order valence-electron chi connectivity index (χ1n) is 5.74. The molecule has 0 atom stereocenters. The molecule has 2 aromatic rings. The van der Waals surface area contributed by atoms with Crippen molar-refractivity contribution in [1.82, 2.24) is 0 Å². The normalized spacial score (nSPS) is 10.0. The van der Waals surface area contributed by atoms with E-state index < -0.39 is 0 Å². The summed E-state index contributed by atoms with van der Waals surface area (Å²) >= 11 is 2.23. The van der Waals surface area contributed by atoms with Crippen molar-refractivity contribution in [3.8, 4) is 5.75 Å². The van der Waals surface area contributed by atoms with Crippen LogP contribution in [0.1, 0.15) is 15.9 Å². The van der Waals surface area contributed by atoms with Crippen LogP contribution in [-0.4, -0.2) is 13.1 Å². The summed E-state index contributed by atoms with van der Waals surface area (Å²) in [6.07, 6.45) is 0. The number of rotatable bonds is 4. The summed E-state index contributed by atoms with van der Waals surface area (Å²) in [6.45, 7) is 0.271. The van der Waals surface area contributed by atoms with Crippen LogP contribution in [0.3, 0.4) is 0 Å². The molecule has 0 N–H and O–H groups in total. The average Bonchev–Trinajstić information content (AvgIpc) is 2.46. The molecule has 0 radical (unpaired) electrons. The van der Waals surface area contributed by atoms with E-state index in [0.717, 1.165) is 9.13 Å². The minimum Gasteiger partial charge on any atom is -0.497 e. The van der Waals surface area contributed by atoms with E-state index in [1.165, 1.54) is 0 Å². The summed E-state index contributed by atoms with van der Waals surface area (Å²) < 4.78 is 11.5. The number of ether oxygens (including phenoxy) is 2. The van der Waals surface area contributed by atoms with Gasteiger partial charge in [-0.25, -0.2) is 4.79 Å². The molecule has 2 rings (SSSR count). The van der Waals surface area contributed by atoms with Gasteiger partial charge in [0.25, 0.3) is 0 Å². The van der Waals surface area contributed by atoms with Crippen LogP contribution in [0.4, 0.5) is 0 Å². The first kappa shape index (κ1) is 13.9. The number of hydrogen-bond donors (Lipinski definition) is 0. The van der Waals surface area contributed by atoms with Gasteiger partial charge < -0.3 is 9.47 Å². The fourth-order valence-electron chi connectivity index (χ4n) is 1.56. The van der Waals surface area contributed by atoms with Gasteiger partial charge in [-0.3, -0.25) is 0 Å². The van der Waals surface area contributed by atoms with E-state index in [2.05, 4.69) is 22.6 Å². The third kappa shape index (κ3) is 3.96. The summed E-state index contributed by atoms with van der Waals surface area (Å²) in [5.74, 6) is 0.293. The molecule has 0 unspecified atom stereocenters. The van der Waals surface area contributed by atoms with Crippen molar-refractivity contribution < 1.29 is 14.3 Å². The number of esters is 1. The Labute approximate surface area is 125 Å². The van der Waals surface area contributed by atoms with E-state index in [1.807, 2.05) is 24.3 Å². The molecule has 0 spiro atoms. The van der Waals surface area contributed by atoms with E-state index >= 15 is 0 Å². The number of hydrogen-bond acceptors (Lipinski definition) is 3. The lowest BCUT2D eigenvalue weighted by Gasteiger charge is -2.06. The monoisotopic (exact) mass is 368 g/mol. The predicted molar refractivity (Wildman–Crippen MR) is 81.3 cm³/mol. The first-order chi connectivity index (χ1) is 9.19. The van der Waals surface area contributed by atoms with Gasteiger partial charge in [0.05, 0.1) is 12.7 Å². The van der Waals surface area contributed by atoms with Gasteiger partial charge in [0.15, 0.2) is 0 Å². The second-order valence-corrected chi connectivity index (χ2v) is 5.18. The molecular formula is C15H13IO3. The van der Waals surface area contributed by atoms with Crippen LogP contribution in [0.25, 0.3) is 0 Å². The van der Waals surface area contributed by atoms with Crippen molar-refractivity contribution in [3.63, 3.8) is 0 Å². The van der Waals surface area contributed by atoms with Gasteiger partial charge in [-0.05, 0) is 58.5 Å². The van der Waals surface area contributed by atoms with Gasteiger partial charge in [-0.15, -0.1) is 0 Å². The Morgan fingerprint density at radius 1 is 1.16 bits per heavy atom. The van der Waals surface area contributed by atoms with Gasteiger partial charge in [0, 0.05) is 3.57 Å². The number of halogens is 1. The topological polar surface area (TPSA) is 35.5 Å². The smallest absolute Gasteiger partial charge is 0.338 e. The Balaban J connectivity index is 1.99. The fourth-order valence-corrected chi connectivity index (χ4v) is 1.92. The molecular weight excluding hydrogens is 355 g/mol. The van der Waals surface area contributed by atoms with Gasteiger partial charge in [0.1, 0.15) is 12.4 Å². The Bertz CT molecular complexity index is 564.